The Morgan fingerprint density at radius 3 is 2.07 bits per heavy atom. The number of aliphatic hydroxyl groups excluding tert-OH is 6. The maximum absolute atomic E-state index is 13.6. The summed E-state index contributed by atoms with van der Waals surface area (Å²) in [4.78, 5) is 13.6. The zero-order valence-corrected chi connectivity index (χ0v) is 22.3. The molecular formula is C27H30O16. The summed E-state index contributed by atoms with van der Waals surface area (Å²) in [6, 6.07) is 6.06. The molecule has 0 bridgehead atoms. The summed E-state index contributed by atoms with van der Waals surface area (Å²) >= 11 is 0. The van der Waals surface area contributed by atoms with Gasteiger partial charge in [-0.05, 0) is 31.2 Å². The number of benzene rings is 2. The molecule has 0 amide bonds. The van der Waals surface area contributed by atoms with Gasteiger partial charge >= 0.3 is 0 Å². The van der Waals surface area contributed by atoms with Gasteiger partial charge in [0.15, 0.2) is 23.5 Å². The highest BCUT2D eigenvalue weighted by Gasteiger charge is 2.48. The molecule has 16 nitrogen and oxygen atoms in total. The van der Waals surface area contributed by atoms with Crippen LogP contribution < -0.4 is 10.2 Å². The number of phenols is 4. The SMILES string of the molecule is C[C@H]1O[C@H](OC[C@H]2O[C@@H](Oc3c(-c4ccc(O)cc4)oc4cc(O)c(O)c(O)c4c3=O)[C@H](O)[C@@H](O)[C@@H]2O)[C@@H](O)[C@@H](O)[C@@H]1O. The van der Waals surface area contributed by atoms with Gasteiger partial charge in [-0.1, -0.05) is 0 Å². The van der Waals surface area contributed by atoms with Crippen LogP contribution in [-0.4, -0.2) is 119 Å². The number of ether oxygens (including phenoxy) is 4. The molecule has 234 valence electrons. The summed E-state index contributed by atoms with van der Waals surface area (Å²) in [6.07, 6.45) is -16.2. The lowest BCUT2D eigenvalue weighted by atomic mass is 9.98. The minimum absolute atomic E-state index is 0.135. The standard InChI is InChI=1S/C27H30O16/c1-8-15(30)20(35)22(37)26(40-8)39-7-13-17(32)21(36)23(38)27(42-13)43-25-19(34)14-12(6-11(29)16(31)18(14)33)41-24(25)9-2-4-10(28)5-3-9/h2-6,8,13,15,17,20-23,26-33,35-38H,7H2,1H3/t8-,13-,15-,17-,20+,21+,22+,23-,26+,27+/m1/s1. The van der Waals surface area contributed by atoms with Crippen LogP contribution in [0.5, 0.6) is 28.7 Å². The second-order valence-corrected chi connectivity index (χ2v) is 10.2. The van der Waals surface area contributed by atoms with Crippen molar-refractivity contribution in [2.24, 2.45) is 0 Å². The smallest absolute Gasteiger partial charge is 0.239 e. The summed E-state index contributed by atoms with van der Waals surface area (Å²) in [5.74, 6) is -4.01. The van der Waals surface area contributed by atoms with E-state index in [4.69, 9.17) is 23.4 Å². The quantitative estimate of drug-likeness (QED) is 0.140. The molecule has 43 heavy (non-hydrogen) atoms. The van der Waals surface area contributed by atoms with Crippen molar-refractivity contribution in [3.8, 4) is 40.1 Å². The van der Waals surface area contributed by atoms with Gasteiger partial charge in [-0.15, -0.1) is 0 Å². The van der Waals surface area contributed by atoms with Crippen molar-refractivity contribution < 1.29 is 74.4 Å². The Hall–Kier alpha value is -3.71. The lowest BCUT2D eigenvalue weighted by Gasteiger charge is -2.42. The van der Waals surface area contributed by atoms with E-state index >= 15 is 0 Å². The van der Waals surface area contributed by atoms with Crippen molar-refractivity contribution in [3.63, 3.8) is 0 Å². The number of hydrogen-bond donors (Lipinski definition) is 10. The number of hydrogen-bond acceptors (Lipinski definition) is 16. The molecule has 1 aromatic heterocycles. The fraction of sp³-hybridized carbons (Fsp3) is 0.444. The van der Waals surface area contributed by atoms with Gasteiger partial charge in [-0.25, -0.2) is 0 Å². The topological polar surface area (TPSA) is 269 Å². The summed E-state index contributed by atoms with van der Waals surface area (Å²) < 4.78 is 27.8. The molecule has 10 atom stereocenters. The van der Waals surface area contributed by atoms with Gasteiger partial charge in [-0.2, -0.15) is 0 Å². The first-order chi connectivity index (χ1) is 20.3. The molecule has 0 spiro atoms. The van der Waals surface area contributed by atoms with E-state index in [1.807, 2.05) is 0 Å². The molecule has 3 heterocycles. The Morgan fingerprint density at radius 1 is 0.767 bits per heavy atom. The largest absolute Gasteiger partial charge is 0.508 e. The molecule has 2 saturated heterocycles. The monoisotopic (exact) mass is 610 g/mol. The number of rotatable bonds is 6. The second-order valence-electron chi connectivity index (χ2n) is 10.2. The van der Waals surface area contributed by atoms with Crippen LogP contribution in [0.4, 0.5) is 0 Å². The number of aliphatic hydroxyl groups is 6. The van der Waals surface area contributed by atoms with E-state index in [1.54, 1.807) is 0 Å². The minimum Gasteiger partial charge on any atom is -0.508 e. The van der Waals surface area contributed by atoms with Gasteiger partial charge in [0.1, 0.15) is 59.4 Å². The normalized spacial score (nSPS) is 33.0. The van der Waals surface area contributed by atoms with E-state index < -0.39 is 102 Å². The van der Waals surface area contributed by atoms with Crippen molar-refractivity contribution >= 4 is 11.0 Å². The molecule has 5 rings (SSSR count). The summed E-state index contributed by atoms with van der Waals surface area (Å²) in [5.41, 5.74) is -1.32. The molecule has 0 aliphatic carbocycles. The molecule has 16 heteroatoms. The first-order valence-electron chi connectivity index (χ1n) is 13.0. The van der Waals surface area contributed by atoms with E-state index in [9.17, 15) is 55.9 Å². The van der Waals surface area contributed by atoms with E-state index in [0.29, 0.717) is 0 Å². The molecule has 2 fully saturated rings. The molecule has 0 unspecified atom stereocenters. The molecule has 2 aromatic carbocycles. The van der Waals surface area contributed by atoms with Crippen molar-refractivity contribution in [1.29, 1.82) is 0 Å². The van der Waals surface area contributed by atoms with Crippen LogP contribution in [0.15, 0.2) is 39.5 Å². The van der Waals surface area contributed by atoms with Crippen LogP contribution in [0.2, 0.25) is 0 Å². The van der Waals surface area contributed by atoms with Crippen LogP contribution >= 0.6 is 0 Å². The van der Waals surface area contributed by atoms with Crippen LogP contribution in [0.3, 0.4) is 0 Å². The molecule has 0 saturated carbocycles. The Labute approximate surface area is 241 Å². The molecule has 0 radical (unpaired) electrons. The first kappa shape index (κ1) is 30.7. The highest BCUT2D eigenvalue weighted by molar-refractivity contribution is 5.91. The average molecular weight is 611 g/mol. The van der Waals surface area contributed by atoms with Gasteiger partial charge in [0.2, 0.25) is 23.2 Å². The fourth-order valence-electron chi connectivity index (χ4n) is 4.81. The van der Waals surface area contributed by atoms with E-state index in [0.717, 1.165) is 6.07 Å². The predicted molar refractivity (Wildman–Crippen MR) is 140 cm³/mol. The maximum Gasteiger partial charge on any atom is 0.239 e. The van der Waals surface area contributed by atoms with Crippen LogP contribution in [0.1, 0.15) is 6.92 Å². The van der Waals surface area contributed by atoms with Gasteiger partial charge in [0.25, 0.3) is 0 Å². The van der Waals surface area contributed by atoms with Crippen molar-refractivity contribution in [2.45, 2.75) is 68.3 Å². The Balaban J connectivity index is 1.48. The van der Waals surface area contributed by atoms with Crippen LogP contribution in [0.25, 0.3) is 22.3 Å². The minimum atomic E-state index is -1.97. The highest BCUT2D eigenvalue weighted by atomic mass is 16.7. The zero-order chi connectivity index (χ0) is 31.3. The first-order valence-corrected chi connectivity index (χ1v) is 13.0. The third kappa shape index (κ3) is 5.55. The van der Waals surface area contributed by atoms with Crippen molar-refractivity contribution in [3.05, 3.63) is 40.6 Å². The van der Waals surface area contributed by atoms with Gasteiger partial charge in [-0.3, -0.25) is 4.79 Å². The van der Waals surface area contributed by atoms with E-state index in [-0.39, 0.29) is 22.7 Å². The lowest BCUT2D eigenvalue weighted by molar-refractivity contribution is -0.318. The molecule has 2 aliphatic heterocycles. The molecule has 10 N–H and O–H groups in total. The maximum atomic E-state index is 13.6. The molecule has 2 aliphatic rings. The number of phenolic OH excluding ortho intramolecular Hbond substituents is 4. The van der Waals surface area contributed by atoms with Gasteiger partial charge in [0, 0.05) is 11.6 Å². The number of aromatic hydroxyl groups is 4. The molecule has 3 aromatic rings. The van der Waals surface area contributed by atoms with Crippen LogP contribution in [-0.2, 0) is 14.2 Å². The van der Waals surface area contributed by atoms with E-state index in [2.05, 4.69) is 0 Å². The fourth-order valence-corrected chi connectivity index (χ4v) is 4.81. The Morgan fingerprint density at radius 2 is 1.40 bits per heavy atom. The zero-order valence-electron chi connectivity index (χ0n) is 22.3. The molecular weight excluding hydrogens is 580 g/mol. The summed E-state index contributed by atoms with van der Waals surface area (Å²) in [5, 5.41) is 101. The van der Waals surface area contributed by atoms with Gasteiger partial charge < -0.3 is 74.4 Å². The van der Waals surface area contributed by atoms with Gasteiger partial charge in [0.05, 0.1) is 12.7 Å². The van der Waals surface area contributed by atoms with Crippen molar-refractivity contribution in [1.82, 2.24) is 0 Å². The predicted octanol–water partition coefficient (Wildman–Crippen LogP) is -1.69. The third-order valence-corrected chi connectivity index (χ3v) is 7.33. The van der Waals surface area contributed by atoms with Crippen molar-refractivity contribution in [2.75, 3.05) is 6.61 Å². The summed E-state index contributed by atoms with van der Waals surface area (Å²) in [7, 11) is 0. The highest BCUT2D eigenvalue weighted by Crippen LogP contribution is 2.43. The third-order valence-electron chi connectivity index (χ3n) is 7.33. The Kier molecular flexibility index (Phi) is 8.41. The lowest BCUT2D eigenvalue weighted by Crippen LogP contribution is -2.61. The van der Waals surface area contributed by atoms with Crippen LogP contribution in [0, 0.1) is 0 Å². The number of fused-ring (bicyclic) bond motifs is 1. The second kappa shape index (κ2) is 11.8. The average Bonchev–Trinajstić information content (AvgIpc) is 2.98. The van der Waals surface area contributed by atoms with E-state index in [1.165, 1.54) is 31.2 Å². The Bertz CT molecular complexity index is 1520. The summed E-state index contributed by atoms with van der Waals surface area (Å²) in [6.45, 7) is 0.818.